The van der Waals surface area contributed by atoms with Gasteiger partial charge in [-0.15, -0.1) is 11.8 Å². The number of carbonyl (C=O) groups is 2. The van der Waals surface area contributed by atoms with E-state index in [-0.39, 0.29) is 22.5 Å². The lowest BCUT2D eigenvalue weighted by molar-refractivity contribution is -0.135. The average molecular weight is 639 g/mol. The van der Waals surface area contributed by atoms with Gasteiger partial charge in [-0.1, -0.05) is 85.6 Å². The van der Waals surface area contributed by atoms with Crippen molar-refractivity contribution in [2.45, 2.75) is 49.1 Å². The highest BCUT2D eigenvalue weighted by Gasteiger charge is 2.45. The smallest absolute Gasteiger partial charge is 0.254 e. The van der Waals surface area contributed by atoms with Crippen LogP contribution in [-0.4, -0.2) is 66.8 Å². The zero-order chi connectivity index (χ0) is 30.8. The minimum atomic E-state index is -0.843. The van der Waals surface area contributed by atoms with Crippen LogP contribution in [0.2, 0.25) is 10.0 Å². The summed E-state index contributed by atoms with van der Waals surface area (Å²) in [7, 11) is 3.68. The summed E-state index contributed by atoms with van der Waals surface area (Å²) in [4.78, 5) is 33.4. The third-order valence-corrected chi connectivity index (χ3v) is 11.7. The van der Waals surface area contributed by atoms with Crippen molar-refractivity contribution in [2.24, 2.45) is 5.92 Å². The number of rotatable bonds is 9. The van der Waals surface area contributed by atoms with Crippen LogP contribution in [0.1, 0.15) is 60.2 Å². The van der Waals surface area contributed by atoms with Gasteiger partial charge in [0.05, 0.1) is 15.6 Å². The molecule has 0 aromatic heterocycles. The first-order valence-electron chi connectivity index (χ1n) is 15.0. The van der Waals surface area contributed by atoms with Crippen molar-refractivity contribution >= 4 is 46.8 Å². The van der Waals surface area contributed by atoms with Gasteiger partial charge in [0.2, 0.25) is 5.91 Å². The highest BCUT2D eigenvalue weighted by atomic mass is 35.5. The number of hydrogen-bond donors (Lipinski definition) is 0. The third kappa shape index (κ3) is 6.49. The standard InChI is InChI=1S/C35H41Cl2N3O2S/c1-25(2)32(41)38(3)24-34(28-14-15-30(36)31(37)22-28,39(4)33(42)26-10-6-5-7-11-26)16-19-40-20-17-35(18-21-40)29-13-9-8-12-27(29)23-43-35/h5-15,22,25H,16-21,23-24H2,1-4H3/t34-/m1/s1. The Bertz CT molecular complexity index is 1460. The van der Waals surface area contributed by atoms with E-state index in [1.807, 2.05) is 75.3 Å². The van der Waals surface area contributed by atoms with Crippen molar-refractivity contribution in [3.63, 3.8) is 0 Å². The molecule has 8 heteroatoms. The third-order valence-electron chi connectivity index (χ3n) is 9.31. The van der Waals surface area contributed by atoms with Crippen LogP contribution < -0.4 is 0 Å². The molecular formula is C35H41Cl2N3O2S. The molecule has 2 aliphatic heterocycles. The molecule has 0 radical (unpaired) electrons. The summed E-state index contributed by atoms with van der Waals surface area (Å²) in [6.45, 7) is 6.88. The molecule has 2 amide bonds. The van der Waals surface area contributed by atoms with Crippen molar-refractivity contribution in [3.8, 4) is 0 Å². The summed E-state index contributed by atoms with van der Waals surface area (Å²) >= 11 is 15.1. The first kappa shape index (κ1) is 31.9. The zero-order valence-electron chi connectivity index (χ0n) is 25.5. The molecule has 0 unspecified atom stereocenters. The van der Waals surface area contributed by atoms with Crippen LogP contribution in [0.25, 0.3) is 0 Å². The van der Waals surface area contributed by atoms with E-state index in [9.17, 15) is 9.59 Å². The van der Waals surface area contributed by atoms with Crippen molar-refractivity contribution in [3.05, 3.63) is 105 Å². The van der Waals surface area contributed by atoms with Crippen LogP contribution in [0.3, 0.4) is 0 Å². The van der Waals surface area contributed by atoms with E-state index in [1.165, 1.54) is 11.1 Å². The molecule has 5 nitrogen and oxygen atoms in total. The monoisotopic (exact) mass is 637 g/mol. The Balaban J connectivity index is 1.47. The Morgan fingerprint density at radius 2 is 1.63 bits per heavy atom. The highest BCUT2D eigenvalue weighted by Crippen LogP contribution is 2.53. The SMILES string of the molecule is CC(C)C(=O)N(C)C[C@](CCN1CCC2(CC1)SCc1ccccc12)(c1ccc(Cl)c(Cl)c1)N(C)C(=O)c1ccccc1. The fraction of sp³-hybridized carbons (Fsp3) is 0.429. The van der Waals surface area contributed by atoms with Gasteiger partial charge in [-0.3, -0.25) is 9.59 Å². The van der Waals surface area contributed by atoms with Gasteiger partial charge in [-0.25, -0.2) is 0 Å². The molecule has 2 heterocycles. The molecule has 0 N–H and O–H groups in total. The van der Waals surface area contributed by atoms with Crippen LogP contribution >= 0.6 is 35.0 Å². The summed E-state index contributed by atoms with van der Waals surface area (Å²) in [5, 5.41) is 0.886. The lowest BCUT2D eigenvalue weighted by Crippen LogP contribution is -2.56. The molecule has 228 valence electrons. The minimum Gasteiger partial charge on any atom is -0.343 e. The molecule has 0 bridgehead atoms. The largest absolute Gasteiger partial charge is 0.343 e. The number of hydrogen-bond acceptors (Lipinski definition) is 4. The quantitative estimate of drug-likeness (QED) is 0.241. The van der Waals surface area contributed by atoms with Crippen LogP contribution in [0.5, 0.6) is 0 Å². The maximum Gasteiger partial charge on any atom is 0.254 e. The molecule has 3 aromatic rings. The van der Waals surface area contributed by atoms with E-state index in [4.69, 9.17) is 23.2 Å². The molecule has 2 aliphatic rings. The van der Waals surface area contributed by atoms with Gasteiger partial charge >= 0.3 is 0 Å². The lowest BCUT2D eigenvalue weighted by atomic mass is 9.82. The van der Waals surface area contributed by atoms with Crippen LogP contribution in [-0.2, 0) is 20.8 Å². The number of thioether (sulfide) groups is 1. The van der Waals surface area contributed by atoms with Crippen LogP contribution in [0, 0.1) is 5.92 Å². The number of piperidine rings is 1. The fourth-order valence-electron chi connectivity index (χ4n) is 6.73. The molecule has 1 atom stereocenters. The fourth-order valence-corrected chi connectivity index (χ4v) is 8.53. The van der Waals surface area contributed by atoms with Gasteiger partial charge < -0.3 is 14.7 Å². The highest BCUT2D eigenvalue weighted by molar-refractivity contribution is 7.99. The Hall–Kier alpha value is -2.51. The summed E-state index contributed by atoms with van der Waals surface area (Å²) < 4.78 is 0.192. The van der Waals surface area contributed by atoms with Crippen LogP contribution in [0.15, 0.2) is 72.8 Å². The van der Waals surface area contributed by atoms with E-state index in [0.717, 1.165) is 43.8 Å². The minimum absolute atomic E-state index is 0.0295. The van der Waals surface area contributed by atoms with E-state index < -0.39 is 5.54 Å². The Morgan fingerprint density at radius 1 is 0.953 bits per heavy atom. The second-order valence-corrected chi connectivity index (χ2v) is 14.4. The van der Waals surface area contributed by atoms with E-state index >= 15 is 0 Å². The number of nitrogens with zero attached hydrogens (tertiary/aromatic N) is 3. The first-order valence-corrected chi connectivity index (χ1v) is 16.8. The van der Waals surface area contributed by atoms with Gasteiger partial charge in [0, 0.05) is 49.2 Å². The molecule has 1 spiro atoms. The average Bonchev–Trinajstić information content (AvgIpc) is 3.38. The van der Waals surface area contributed by atoms with E-state index in [2.05, 4.69) is 40.9 Å². The molecule has 0 aliphatic carbocycles. The number of likely N-dealkylation sites (N-methyl/N-ethyl adjacent to an activating group) is 2. The summed E-state index contributed by atoms with van der Waals surface area (Å²) in [5.74, 6) is 0.839. The molecular weight excluding hydrogens is 597 g/mol. The predicted octanol–water partition coefficient (Wildman–Crippen LogP) is 7.70. The molecule has 1 saturated heterocycles. The second kappa shape index (κ2) is 13.2. The molecule has 1 fully saturated rings. The Kier molecular flexibility index (Phi) is 9.82. The van der Waals surface area contributed by atoms with Crippen molar-refractivity contribution in [2.75, 3.05) is 40.3 Å². The van der Waals surface area contributed by atoms with Gasteiger partial charge in [0.25, 0.3) is 5.91 Å². The van der Waals surface area contributed by atoms with Gasteiger partial charge in [-0.2, -0.15) is 0 Å². The van der Waals surface area contributed by atoms with Crippen LogP contribution in [0.4, 0.5) is 0 Å². The Labute approximate surface area is 270 Å². The summed E-state index contributed by atoms with van der Waals surface area (Å²) in [5.41, 5.74) is 3.60. The summed E-state index contributed by atoms with van der Waals surface area (Å²) in [6.07, 6.45) is 2.82. The zero-order valence-corrected chi connectivity index (χ0v) is 27.8. The number of halogens is 2. The van der Waals surface area contributed by atoms with Gasteiger partial charge in [-0.05, 0) is 73.3 Å². The van der Waals surface area contributed by atoms with Crippen molar-refractivity contribution in [1.82, 2.24) is 14.7 Å². The van der Waals surface area contributed by atoms with Gasteiger partial charge in [0.1, 0.15) is 0 Å². The van der Waals surface area contributed by atoms with Gasteiger partial charge in [0.15, 0.2) is 0 Å². The first-order chi connectivity index (χ1) is 20.6. The number of carbonyl (C=O) groups excluding carboxylic acids is 2. The predicted molar refractivity (Wildman–Crippen MR) is 179 cm³/mol. The number of likely N-dealkylation sites (tertiary alicyclic amines) is 1. The number of benzene rings is 3. The molecule has 0 saturated carbocycles. The molecule has 3 aromatic carbocycles. The van der Waals surface area contributed by atoms with Crippen molar-refractivity contribution < 1.29 is 9.59 Å². The normalized spacial score (nSPS) is 17.5. The maximum absolute atomic E-state index is 14.1. The van der Waals surface area contributed by atoms with E-state index in [0.29, 0.717) is 28.6 Å². The van der Waals surface area contributed by atoms with E-state index in [1.54, 1.807) is 11.0 Å². The summed E-state index contributed by atoms with van der Waals surface area (Å²) in [6, 6.07) is 23.8. The number of fused-ring (bicyclic) bond motifs is 2. The maximum atomic E-state index is 14.1. The Morgan fingerprint density at radius 3 is 2.30 bits per heavy atom. The van der Waals surface area contributed by atoms with Crippen molar-refractivity contribution in [1.29, 1.82) is 0 Å². The second-order valence-electron chi connectivity index (χ2n) is 12.3. The topological polar surface area (TPSA) is 43.9 Å². The molecule has 43 heavy (non-hydrogen) atoms. The molecule has 5 rings (SSSR count). The number of amides is 2. The lowest BCUT2D eigenvalue weighted by Gasteiger charge is -2.47.